The number of aliphatic imine (C=N–C) groups is 2. The first-order valence-electron chi connectivity index (χ1n) is 4.28. The van der Waals surface area contributed by atoms with Gasteiger partial charge in [-0.25, -0.2) is 4.99 Å². The lowest BCUT2D eigenvalue weighted by Gasteiger charge is -2.33. The highest BCUT2D eigenvalue weighted by atomic mass is 15.5. The van der Waals surface area contributed by atoms with E-state index in [1.807, 2.05) is 37.9 Å². The Kier molecular flexibility index (Phi) is 2.75. The summed E-state index contributed by atoms with van der Waals surface area (Å²) in [7, 11) is 7.66. The van der Waals surface area contributed by atoms with Crippen LogP contribution in [0, 0.1) is 0 Å². The number of rotatable bonds is 0. The molecule has 1 unspecified atom stereocenters. The molecule has 5 nitrogen and oxygen atoms in total. The molecule has 74 valence electrons. The Morgan fingerprint density at radius 1 is 1.54 bits per heavy atom. The Bertz CT molecular complexity index is 243. The molecule has 0 aromatic carbocycles. The summed E-state index contributed by atoms with van der Waals surface area (Å²) in [5.41, 5.74) is 0. The molecule has 0 fully saturated rings. The van der Waals surface area contributed by atoms with Crippen LogP contribution in [-0.2, 0) is 0 Å². The van der Waals surface area contributed by atoms with E-state index in [0.29, 0.717) is 0 Å². The van der Waals surface area contributed by atoms with Crippen molar-refractivity contribution in [1.29, 1.82) is 0 Å². The largest absolute Gasteiger partial charge is 0.349 e. The second kappa shape index (κ2) is 3.64. The van der Waals surface area contributed by atoms with Gasteiger partial charge in [0.2, 0.25) is 11.9 Å². The molecule has 1 N–H and O–H groups in total. The molecule has 0 saturated carbocycles. The highest BCUT2D eigenvalue weighted by Crippen LogP contribution is 2.02. The van der Waals surface area contributed by atoms with Crippen LogP contribution < -0.4 is 5.32 Å². The second-order valence-corrected chi connectivity index (χ2v) is 3.25. The highest BCUT2D eigenvalue weighted by Gasteiger charge is 2.21. The van der Waals surface area contributed by atoms with Crippen molar-refractivity contribution in [2.45, 2.75) is 13.1 Å². The zero-order chi connectivity index (χ0) is 10.0. The lowest BCUT2D eigenvalue weighted by Crippen LogP contribution is -2.54. The lowest BCUT2D eigenvalue weighted by molar-refractivity contribution is 0.473. The van der Waals surface area contributed by atoms with Crippen LogP contribution in [0.1, 0.15) is 6.92 Å². The summed E-state index contributed by atoms with van der Waals surface area (Å²) < 4.78 is 0. The molecular formula is C8H17N5. The summed E-state index contributed by atoms with van der Waals surface area (Å²) >= 11 is 0. The molecule has 1 aliphatic rings. The van der Waals surface area contributed by atoms with Crippen LogP contribution in [0.25, 0.3) is 0 Å². The predicted molar refractivity (Wildman–Crippen MR) is 54.8 cm³/mol. The average Bonchev–Trinajstić information content (AvgIpc) is 2.08. The summed E-state index contributed by atoms with van der Waals surface area (Å²) in [6.45, 7) is 2.00. The van der Waals surface area contributed by atoms with Crippen molar-refractivity contribution in [3.8, 4) is 0 Å². The van der Waals surface area contributed by atoms with Crippen LogP contribution in [-0.4, -0.2) is 56.1 Å². The molecule has 5 heteroatoms. The van der Waals surface area contributed by atoms with Crippen molar-refractivity contribution >= 4 is 11.9 Å². The van der Waals surface area contributed by atoms with Gasteiger partial charge in [-0.3, -0.25) is 9.89 Å². The maximum atomic E-state index is 4.44. The Morgan fingerprint density at radius 3 is 2.62 bits per heavy atom. The van der Waals surface area contributed by atoms with Gasteiger partial charge in [0, 0.05) is 28.2 Å². The van der Waals surface area contributed by atoms with Crippen LogP contribution in [0.2, 0.25) is 0 Å². The fraction of sp³-hybridized carbons (Fsp3) is 0.750. The molecule has 1 rings (SSSR count). The van der Waals surface area contributed by atoms with E-state index in [1.165, 1.54) is 0 Å². The number of hydrogen-bond donors (Lipinski definition) is 1. The Hall–Kier alpha value is -1.26. The van der Waals surface area contributed by atoms with E-state index in [1.54, 1.807) is 7.05 Å². The lowest BCUT2D eigenvalue weighted by atomic mass is 10.5. The smallest absolute Gasteiger partial charge is 0.204 e. The van der Waals surface area contributed by atoms with Gasteiger partial charge in [0.1, 0.15) is 6.17 Å². The minimum atomic E-state index is 0.0901. The molecule has 0 saturated heterocycles. The second-order valence-electron chi connectivity index (χ2n) is 3.25. The minimum Gasteiger partial charge on any atom is -0.349 e. The van der Waals surface area contributed by atoms with Gasteiger partial charge in [-0.1, -0.05) is 0 Å². The van der Waals surface area contributed by atoms with Crippen molar-refractivity contribution in [1.82, 2.24) is 15.1 Å². The van der Waals surface area contributed by atoms with Crippen molar-refractivity contribution in [2.75, 3.05) is 28.2 Å². The molecule has 1 atom stereocenters. The van der Waals surface area contributed by atoms with Crippen LogP contribution in [0.15, 0.2) is 9.98 Å². The molecule has 0 aromatic rings. The van der Waals surface area contributed by atoms with Gasteiger partial charge in [0.05, 0.1) is 0 Å². The first-order valence-corrected chi connectivity index (χ1v) is 4.28. The molecule has 13 heavy (non-hydrogen) atoms. The Balaban J connectivity index is 2.94. The summed E-state index contributed by atoms with van der Waals surface area (Å²) in [6, 6.07) is 0. The van der Waals surface area contributed by atoms with Gasteiger partial charge in [0.25, 0.3) is 0 Å². The zero-order valence-electron chi connectivity index (χ0n) is 8.87. The number of hydrogen-bond acceptors (Lipinski definition) is 3. The zero-order valence-corrected chi connectivity index (χ0v) is 8.87. The topological polar surface area (TPSA) is 43.2 Å². The summed E-state index contributed by atoms with van der Waals surface area (Å²) in [5.74, 6) is 1.78. The molecule has 0 radical (unpaired) electrons. The van der Waals surface area contributed by atoms with Gasteiger partial charge in [0.15, 0.2) is 0 Å². The normalized spacial score (nSPS) is 25.6. The molecule has 0 bridgehead atoms. The average molecular weight is 183 g/mol. The van der Waals surface area contributed by atoms with E-state index in [0.717, 1.165) is 11.9 Å². The van der Waals surface area contributed by atoms with Crippen LogP contribution in [0.4, 0.5) is 0 Å². The van der Waals surface area contributed by atoms with Gasteiger partial charge in [-0.05, 0) is 6.92 Å². The first kappa shape index (κ1) is 9.83. The molecule has 1 aliphatic heterocycles. The van der Waals surface area contributed by atoms with E-state index in [4.69, 9.17) is 0 Å². The van der Waals surface area contributed by atoms with Crippen LogP contribution in [0.5, 0.6) is 0 Å². The Labute approximate surface area is 79.1 Å². The van der Waals surface area contributed by atoms with Gasteiger partial charge in [-0.15, -0.1) is 0 Å². The van der Waals surface area contributed by atoms with E-state index in [9.17, 15) is 0 Å². The SMILES string of the molecule is CN=C1NC(C)N=C(N(C)C)N1C. The van der Waals surface area contributed by atoms with E-state index in [-0.39, 0.29) is 6.17 Å². The highest BCUT2D eigenvalue weighted by molar-refractivity contribution is 5.99. The maximum Gasteiger partial charge on any atom is 0.204 e. The number of nitrogens with zero attached hydrogens (tertiary/aromatic N) is 4. The predicted octanol–water partition coefficient (Wildman–Crippen LogP) is -0.229. The molecule has 0 aliphatic carbocycles. The monoisotopic (exact) mass is 183 g/mol. The molecule has 1 heterocycles. The molecule has 0 aromatic heterocycles. The maximum absolute atomic E-state index is 4.44. The molecule has 0 amide bonds. The van der Waals surface area contributed by atoms with Crippen LogP contribution >= 0.6 is 0 Å². The van der Waals surface area contributed by atoms with Crippen molar-refractivity contribution in [3.05, 3.63) is 0 Å². The van der Waals surface area contributed by atoms with Gasteiger partial charge in [-0.2, -0.15) is 0 Å². The van der Waals surface area contributed by atoms with E-state index in [2.05, 4.69) is 15.3 Å². The Morgan fingerprint density at radius 2 is 2.15 bits per heavy atom. The third kappa shape index (κ3) is 1.91. The summed E-state index contributed by atoms with van der Waals surface area (Å²) in [4.78, 5) is 12.5. The third-order valence-corrected chi connectivity index (χ3v) is 1.88. The minimum absolute atomic E-state index is 0.0901. The van der Waals surface area contributed by atoms with Gasteiger partial charge < -0.3 is 10.2 Å². The molecule has 0 spiro atoms. The number of nitrogens with one attached hydrogen (secondary N) is 1. The van der Waals surface area contributed by atoms with Gasteiger partial charge >= 0.3 is 0 Å². The van der Waals surface area contributed by atoms with Crippen molar-refractivity contribution in [2.24, 2.45) is 9.98 Å². The fourth-order valence-corrected chi connectivity index (χ4v) is 1.30. The van der Waals surface area contributed by atoms with E-state index < -0.39 is 0 Å². The quantitative estimate of drug-likeness (QED) is 0.564. The van der Waals surface area contributed by atoms with Crippen LogP contribution in [0.3, 0.4) is 0 Å². The molecular weight excluding hydrogens is 166 g/mol. The summed E-state index contributed by atoms with van der Waals surface area (Å²) in [5, 5.41) is 3.16. The standard InChI is InChI=1S/C8H17N5/c1-6-10-7(9-2)13(5)8(11-6)12(3)4/h6H,1-5H3,(H,9,10). The fourth-order valence-electron chi connectivity index (χ4n) is 1.30. The number of guanidine groups is 2. The van der Waals surface area contributed by atoms with Crippen molar-refractivity contribution < 1.29 is 0 Å². The third-order valence-electron chi connectivity index (χ3n) is 1.88. The first-order chi connectivity index (χ1) is 6.06. The van der Waals surface area contributed by atoms with E-state index >= 15 is 0 Å². The summed E-state index contributed by atoms with van der Waals surface area (Å²) in [6.07, 6.45) is 0.0901. The van der Waals surface area contributed by atoms with Crippen molar-refractivity contribution in [3.63, 3.8) is 0 Å².